The third kappa shape index (κ3) is 5.86. The van der Waals surface area contributed by atoms with Gasteiger partial charge in [-0.05, 0) is 83.3 Å². The SMILES string of the molecule is CC(C)C1=C2[C@@H](CC/C(=C/c3ccc(O)c(F)c3)c3ccccc3)OB(O)C[C@@H]2[C@@H]2C(=O)N(Cc3cccs3)C(=O)[C@@H]2C1. The van der Waals surface area contributed by atoms with Gasteiger partial charge in [0.2, 0.25) is 11.8 Å². The number of hydrogen-bond donors (Lipinski definition) is 2. The number of phenolic OH excluding ortho intramolecular Hbond substituents is 1. The number of halogens is 1. The average Bonchev–Trinajstić information content (AvgIpc) is 3.59. The molecular formula is C34H35BFNO5S. The van der Waals surface area contributed by atoms with E-state index in [1.807, 2.05) is 53.9 Å². The van der Waals surface area contributed by atoms with Crippen LogP contribution in [0.3, 0.4) is 0 Å². The second-order valence-electron chi connectivity index (χ2n) is 12.0. The quantitative estimate of drug-likeness (QED) is 0.133. The maximum absolute atomic E-state index is 14.2. The van der Waals surface area contributed by atoms with Crippen LogP contribution in [-0.2, 0) is 20.8 Å². The third-order valence-corrected chi connectivity index (χ3v) is 9.92. The first-order chi connectivity index (χ1) is 20.7. The molecule has 1 aromatic heterocycles. The predicted molar refractivity (Wildman–Crippen MR) is 166 cm³/mol. The van der Waals surface area contributed by atoms with Crippen LogP contribution in [0.15, 0.2) is 77.2 Å². The molecule has 0 unspecified atom stereocenters. The van der Waals surface area contributed by atoms with Crippen molar-refractivity contribution in [3.63, 3.8) is 0 Å². The molecule has 6 nitrogen and oxygen atoms in total. The number of carbonyl (C=O) groups excluding carboxylic acids is 2. The molecule has 2 amide bonds. The van der Waals surface area contributed by atoms with E-state index in [9.17, 15) is 24.1 Å². The van der Waals surface area contributed by atoms with E-state index in [-0.39, 0.29) is 36.5 Å². The molecule has 2 fully saturated rings. The number of fused-ring (bicyclic) bond motifs is 3. The van der Waals surface area contributed by atoms with Crippen LogP contribution in [0.1, 0.15) is 49.1 Å². The van der Waals surface area contributed by atoms with E-state index in [1.54, 1.807) is 6.07 Å². The Morgan fingerprint density at radius 1 is 1.12 bits per heavy atom. The molecule has 0 spiro atoms. The Bertz CT molecular complexity index is 1570. The number of imide groups is 1. The van der Waals surface area contributed by atoms with Crippen LogP contribution < -0.4 is 0 Å². The van der Waals surface area contributed by atoms with Crippen molar-refractivity contribution in [3.8, 4) is 5.75 Å². The van der Waals surface area contributed by atoms with Crippen molar-refractivity contribution >= 4 is 41.9 Å². The lowest BCUT2D eigenvalue weighted by Crippen LogP contribution is -2.46. The smallest absolute Gasteiger partial charge is 0.455 e. The van der Waals surface area contributed by atoms with Gasteiger partial charge in [-0.3, -0.25) is 14.5 Å². The monoisotopic (exact) mass is 599 g/mol. The van der Waals surface area contributed by atoms with Gasteiger partial charge in [-0.15, -0.1) is 11.3 Å². The average molecular weight is 600 g/mol. The molecule has 1 aliphatic carbocycles. The fraction of sp³-hybridized carbons (Fsp3) is 0.353. The van der Waals surface area contributed by atoms with E-state index in [2.05, 4.69) is 13.8 Å². The van der Waals surface area contributed by atoms with Crippen molar-refractivity contribution < 1.29 is 28.8 Å². The van der Waals surface area contributed by atoms with Gasteiger partial charge >= 0.3 is 7.12 Å². The normalized spacial score (nSPS) is 24.2. The van der Waals surface area contributed by atoms with Gasteiger partial charge in [-0.1, -0.05) is 68.0 Å². The van der Waals surface area contributed by atoms with Gasteiger partial charge in [0.1, 0.15) is 0 Å². The lowest BCUT2D eigenvalue weighted by molar-refractivity contribution is -0.140. The predicted octanol–water partition coefficient (Wildman–Crippen LogP) is 6.57. The van der Waals surface area contributed by atoms with Crippen LogP contribution in [0.2, 0.25) is 6.32 Å². The summed E-state index contributed by atoms with van der Waals surface area (Å²) in [4.78, 5) is 29.8. The Labute approximate surface area is 255 Å². The maximum Gasteiger partial charge on any atom is 0.455 e. The van der Waals surface area contributed by atoms with Crippen LogP contribution in [-0.4, -0.2) is 40.1 Å². The Hall–Kier alpha value is -3.53. The summed E-state index contributed by atoms with van der Waals surface area (Å²) in [7, 11) is -1.05. The molecule has 9 heteroatoms. The lowest BCUT2D eigenvalue weighted by Gasteiger charge is -2.44. The number of thiophene rings is 1. The molecule has 6 rings (SSSR count). The van der Waals surface area contributed by atoms with Crippen molar-refractivity contribution in [1.82, 2.24) is 4.90 Å². The number of phenols is 1. The molecular weight excluding hydrogens is 564 g/mol. The van der Waals surface area contributed by atoms with Gasteiger partial charge in [-0.25, -0.2) is 4.39 Å². The van der Waals surface area contributed by atoms with Crippen molar-refractivity contribution in [2.45, 2.75) is 52.1 Å². The molecule has 43 heavy (non-hydrogen) atoms. The summed E-state index contributed by atoms with van der Waals surface area (Å²) in [5.41, 5.74) is 4.77. The van der Waals surface area contributed by atoms with E-state index in [0.717, 1.165) is 27.2 Å². The first-order valence-corrected chi connectivity index (χ1v) is 15.8. The van der Waals surface area contributed by atoms with Crippen molar-refractivity contribution in [2.75, 3.05) is 0 Å². The fourth-order valence-electron chi connectivity index (χ4n) is 7.08. The van der Waals surface area contributed by atoms with Crippen LogP contribution in [0, 0.1) is 29.5 Å². The number of nitrogens with zero attached hydrogens (tertiary/aromatic N) is 1. The van der Waals surface area contributed by atoms with E-state index in [4.69, 9.17) is 4.65 Å². The van der Waals surface area contributed by atoms with Crippen LogP contribution in [0.5, 0.6) is 5.75 Å². The molecule has 3 aliphatic rings. The van der Waals surface area contributed by atoms with Crippen molar-refractivity contribution in [2.24, 2.45) is 23.7 Å². The van der Waals surface area contributed by atoms with Crippen LogP contribution in [0.25, 0.3) is 11.6 Å². The maximum atomic E-state index is 14.2. The summed E-state index contributed by atoms with van der Waals surface area (Å²) in [5.74, 6) is -2.40. The summed E-state index contributed by atoms with van der Waals surface area (Å²) in [6.45, 7) is 4.51. The minimum atomic E-state index is -1.05. The number of amides is 2. The second kappa shape index (κ2) is 12.2. The summed E-state index contributed by atoms with van der Waals surface area (Å²) in [6.07, 6.45) is 3.39. The Balaban J connectivity index is 1.31. The molecule has 2 N–H and O–H groups in total. The summed E-state index contributed by atoms with van der Waals surface area (Å²) < 4.78 is 20.4. The highest BCUT2D eigenvalue weighted by Crippen LogP contribution is 2.52. The summed E-state index contributed by atoms with van der Waals surface area (Å²) in [5, 5.41) is 22.5. The molecule has 2 aliphatic heterocycles. The largest absolute Gasteiger partial charge is 0.505 e. The van der Waals surface area contributed by atoms with Gasteiger partial charge in [0.15, 0.2) is 11.6 Å². The second-order valence-corrected chi connectivity index (χ2v) is 13.1. The van der Waals surface area contributed by atoms with Gasteiger partial charge in [0.25, 0.3) is 0 Å². The molecule has 0 saturated carbocycles. The molecule has 2 saturated heterocycles. The molecule has 2 aromatic carbocycles. The van der Waals surface area contributed by atoms with E-state index < -0.39 is 36.6 Å². The summed E-state index contributed by atoms with van der Waals surface area (Å²) in [6, 6.07) is 18.0. The van der Waals surface area contributed by atoms with Gasteiger partial charge < -0.3 is 14.8 Å². The highest BCUT2D eigenvalue weighted by Gasteiger charge is 2.57. The highest BCUT2D eigenvalue weighted by atomic mass is 32.1. The van der Waals surface area contributed by atoms with E-state index in [0.29, 0.717) is 24.8 Å². The molecule has 0 bridgehead atoms. The molecule has 3 aromatic rings. The molecule has 4 atom stereocenters. The van der Waals surface area contributed by atoms with Gasteiger partial charge in [-0.2, -0.15) is 0 Å². The van der Waals surface area contributed by atoms with E-state index in [1.165, 1.54) is 28.4 Å². The zero-order valence-electron chi connectivity index (χ0n) is 24.3. The summed E-state index contributed by atoms with van der Waals surface area (Å²) >= 11 is 1.53. The number of benzene rings is 2. The Morgan fingerprint density at radius 3 is 2.60 bits per heavy atom. The van der Waals surface area contributed by atoms with E-state index >= 15 is 0 Å². The fourth-order valence-corrected chi connectivity index (χ4v) is 7.77. The number of hydrogen-bond acceptors (Lipinski definition) is 6. The number of rotatable bonds is 8. The zero-order chi connectivity index (χ0) is 30.2. The van der Waals surface area contributed by atoms with Crippen LogP contribution >= 0.6 is 11.3 Å². The molecule has 3 heterocycles. The molecule has 0 radical (unpaired) electrons. The zero-order valence-corrected chi connectivity index (χ0v) is 25.1. The number of aromatic hydroxyl groups is 1. The van der Waals surface area contributed by atoms with Crippen LogP contribution in [0.4, 0.5) is 4.39 Å². The minimum Gasteiger partial charge on any atom is -0.505 e. The number of allylic oxidation sites excluding steroid dienone is 2. The van der Waals surface area contributed by atoms with Gasteiger partial charge in [0.05, 0.1) is 24.5 Å². The number of carbonyl (C=O) groups is 2. The standard InChI is InChI=1S/C34H35BFNO5S/c1-20(2)25-17-26-32(34(40)37(33(26)39)19-24-9-6-14-43-24)27-18-35(41)42-30(31(25)27)13-11-23(22-7-4-3-5-8-22)15-21-10-12-29(38)28(36)16-21/h3-10,12,14-16,20,26-27,30,32,38,41H,11,13,17-19H2,1-2H3/b23-15-/t26-,27+,30-,32-/m1/s1. The number of likely N-dealkylation sites (tertiary alicyclic amines) is 1. The van der Waals surface area contributed by atoms with Crippen molar-refractivity contribution in [1.29, 1.82) is 0 Å². The first-order valence-electron chi connectivity index (χ1n) is 14.9. The highest BCUT2D eigenvalue weighted by molar-refractivity contribution is 7.09. The van der Waals surface area contributed by atoms with Gasteiger partial charge in [0, 0.05) is 4.88 Å². The third-order valence-electron chi connectivity index (χ3n) is 9.06. The Morgan fingerprint density at radius 2 is 1.91 bits per heavy atom. The van der Waals surface area contributed by atoms with Crippen molar-refractivity contribution in [3.05, 3.63) is 99.0 Å². The lowest BCUT2D eigenvalue weighted by atomic mass is 9.57. The topological polar surface area (TPSA) is 87.1 Å². The first kappa shape index (κ1) is 29.5. The minimum absolute atomic E-state index is 0.117. The Kier molecular flexibility index (Phi) is 8.40. The molecule has 222 valence electrons.